The molecule has 1 amide bonds. The molecule has 6 heteroatoms. The minimum absolute atomic E-state index is 0.0195. The lowest BCUT2D eigenvalue weighted by Gasteiger charge is -2.29. The highest BCUT2D eigenvalue weighted by Crippen LogP contribution is 2.37. The number of phenolic OH excluding ortho intramolecular Hbond substituents is 1. The van der Waals surface area contributed by atoms with Gasteiger partial charge in [-0.2, -0.15) is 0 Å². The van der Waals surface area contributed by atoms with Gasteiger partial charge in [0.05, 0.1) is 9.38 Å². The Morgan fingerprint density at radius 2 is 2.05 bits per heavy atom. The third-order valence-corrected chi connectivity index (χ3v) is 6.00. The summed E-state index contributed by atoms with van der Waals surface area (Å²) >= 11 is 10.1. The molecule has 22 heavy (non-hydrogen) atoms. The maximum atomic E-state index is 12.7. The van der Waals surface area contributed by atoms with E-state index in [1.807, 2.05) is 6.08 Å². The number of carbonyl (C=O) groups excluding carboxylic acids is 1. The number of thioether (sulfide) groups is 1. The molecule has 1 aliphatic heterocycles. The first kappa shape index (κ1) is 16.0. The van der Waals surface area contributed by atoms with E-state index in [1.165, 1.54) is 31.0 Å². The van der Waals surface area contributed by atoms with Gasteiger partial charge in [0.2, 0.25) is 0 Å². The van der Waals surface area contributed by atoms with E-state index in [0.29, 0.717) is 13.7 Å². The lowest BCUT2D eigenvalue weighted by molar-refractivity contribution is -0.124. The standard InChI is InChI=1S/C16H16BrNO2S2/c17-12-8-10(6-7-13(12)19)9-14-15(20)18(16(21)22-14)11-4-2-1-3-5-11/h6-9,11,19H,1-5H2/b14-9-. The number of hydrogen-bond acceptors (Lipinski definition) is 4. The van der Waals surface area contributed by atoms with Gasteiger partial charge >= 0.3 is 0 Å². The van der Waals surface area contributed by atoms with E-state index >= 15 is 0 Å². The molecule has 0 atom stereocenters. The first-order chi connectivity index (χ1) is 10.6. The largest absolute Gasteiger partial charge is 0.507 e. The summed E-state index contributed by atoms with van der Waals surface area (Å²) in [6.45, 7) is 0. The number of hydrogen-bond donors (Lipinski definition) is 1. The van der Waals surface area contributed by atoms with Crippen LogP contribution in [0.25, 0.3) is 6.08 Å². The minimum atomic E-state index is 0.0195. The number of amides is 1. The number of thiocarbonyl (C=S) groups is 1. The summed E-state index contributed by atoms with van der Waals surface area (Å²) in [5.41, 5.74) is 0.869. The molecule has 3 rings (SSSR count). The van der Waals surface area contributed by atoms with Crippen LogP contribution < -0.4 is 0 Å². The third kappa shape index (κ3) is 3.24. The maximum absolute atomic E-state index is 12.7. The van der Waals surface area contributed by atoms with Crippen molar-refractivity contribution in [3.63, 3.8) is 0 Å². The second kappa shape index (κ2) is 6.72. The molecule has 1 aromatic rings. The van der Waals surface area contributed by atoms with Crippen molar-refractivity contribution in [1.82, 2.24) is 4.90 Å². The minimum Gasteiger partial charge on any atom is -0.507 e. The number of benzene rings is 1. The van der Waals surface area contributed by atoms with E-state index in [4.69, 9.17) is 12.2 Å². The predicted molar refractivity (Wildman–Crippen MR) is 97.7 cm³/mol. The van der Waals surface area contributed by atoms with Crippen LogP contribution in [0.3, 0.4) is 0 Å². The predicted octanol–water partition coefficient (Wildman–Crippen LogP) is 4.69. The van der Waals surface area contributed by atoms with E-state index in [2.05, 4.69) is 15.9 Å². The fourth-order valence-electron chi connectivity index (χ4n) is 2.90. The fraction of sp³-hybridized carbons (Fsp3) is 0.375. The van der Waals surface area contributed by atoms with Crippen molar-refractivity contribution < 1.29 is 9.90 Å². The average Bonchev–Trinajstić information content (AvgIpc) is 2.78. The van der Waals surface area contributed by atoms with Crippen molar-refractivity contribution in [1.29, 1.82) is 0 Å². The summed E-state index contributed by atoms with van der Waals surface area (Å²) in [5, 5.41) is 9.54. The molecule has 0 spiro atoms. The van der Waals surface area contributed by atoms with Gasteiger partial charge in [-0.1, -0.05) is 49.3 Å². The van der Waals surface area contributed by atoms with Crippen LogP contribution in [-0.4, -0.2) is 26.3 Å². The van der Waals surface area contributed by atoms with Crippen LogP contribution in [0.2, 0.25) is 0 Å². The molecule has 0 unspecified atom stereocenters. The Balaban J connectivity index is 1.83. The Morgan fingerprint density at radius 1 is 1.32 bits per heavy atom. The van der Waals surface area contributed by atoms with Gasteiger partial charge in [-0.05, 0) is 52.5 Å². The number of aromatic hydroxyl groups is 1. The summed E-state index contributed by atoms with van der Waals surface area (Å²) in [6.07, 6.45) is 7.53. The first-order valence-corrected chi connectivity index (χ1v) is 9.33. The van der Waals surface area contributed by atoms with Gasteiger partial charge in [-0.15, -0.1) is 0 Å². The van der Waals surface area contributed by atoms with Gasteiger partial charge in [0.25, 0.3) is 5.91 Å². The molecule has 2 aliphatic rings. The van der Waals surface area contributed by atoms with E-state index in [0.717, 1.165) is 18.4 Å². The number of nitrogens with zero attached hydrogens (tertiary/aromatic N) is 1. The van der Waals surface area contributed by atoms with Crippen LogP contribution in [0.1, 0.15) is 37.7 Å². The molecule has 1 heterocycles. The summed E-state index contributed by atoms with van der Waals surface area (Å²) in [7, 11) is 0. The van der Waals surface area contributed by atoms with Gasteiger partial charge in [-0.25, -0.2) is 0 Å². The molecule has 1 aromatic carbocycles. The van der Waals surface area contributed by atoms with Crippen molar-refractivity contribution in [3.05, 3.63) is 33.1 Å². The van der Waals surface area contributed by atoms with Crippen LogP contribution in [0.4, 0.5) is 0 Å². The highest BCUT2D eigenvalue weighted by molar-refractivity contribution is 9.10. The van der Waals surface area contributed by atoms with Gasteiger partial charge < -0.3 is 5.11 Å². The van der Waals surface area contributed by atoms with Gasteiger partial charge in [0.1, 0.15) is 10.1 Å². The SMILES string of the molecule is O=C1/C(=C/c2ccc(O)c(Br)c2)SC(=S)N1C1CCCCC1. The Labute approximate surface area is 147 Å². The Kier molecular flexibility index (Phi) is 4.90. The first-order valence-electron chi connectivity index (χ1n) is 7.32. The molecule has 1 aliphatic carbocycles. The van der Waals surface area contributed by atoms with Gasteiger partial charge in [-0.3, -0.25) is 9.69 Å². The summed E-state index contributed by atoms with van der Waals surface area (Å²) < 4.78 is 1.28. The Bertz CT molecular complexity index is 654. The molecular formula is C16H16BrNO2S2. The van der Waals surface area contributed by atoms with E-state index in [9.17, 15) is 9.90 Å². The number of carbonyl (C=O) groups is 1. The highest BCUT2D eigenvalue weighted by Gasteiger charge is 2.37. The Morgan fingerprint density at radius 3 is 2.73 bits per heavy atom. The molecule has 0 radical (unpaired) electrons. The highest BCUT2D eigenvalue weighted by atomic mass is 79.9. The smallest absolute Gasteiger partial charge is 0.266 e. The number of phenols is 1. The van der Waals surface area contributed by atoms with Gasteiger partial charge in [0.15, 0.2) is 0 Å². The molecule has 1 N–H and O–H groups in total. The zero-order chi connectivity index (χ0) is 15.7. The molecular weight excluding hydrogens is 382 g/mol. The lowest BCUT2D eigenvalue weighted by atomic mass is 9.94. The number of rotatable bonds is 2. The van der Waals surface area contributed by atoms with Crippen molar-refractivity contribution in [2.75, 3.05) is 0 Å². The van der Waals surface area contributed by atoms with Crippen LogP contribution >= 0.6 is 39.9 Å². The monoisotopic (exact) mass is 397 g/mol. The normalized spacial score (nSPS) is 21.9. The second-order valence-corrected chi connectivity index (χ2v) is 8.08. The third-order valence-electron chi connectivity index (χ3n) is 4.03. The van der Waals surface area contributed by atoms with Crippen molar-refractivity contribution in [2.24, 2.45) is 0 Å². The summed E-state index contributed by atoms with van der Waals surface area (Å²) in [5.74, 6) is 0.206. The van der Waals surface area contributed by atoms with Crippen molar-refractivity contribution >= 4 is 56.2 Å². The van der Waals surface area contributed by atoms with E-state index in [1.54, 1.807) is 23.1 Å². The van der Waals surface area contributed by atoms with Crippen molar-refractivity contribution in [3.8, 4) is 5.75 Å². The summed E-state index contributed by atoms with van der Waals surface area (Å²) in [4.78, 5) is 15.1. The molecule has 0 aromatic heterocycles. The Hall–Kier alpha value is -0.850. The van der Waals surface area contributed by atoms with Crippen LogP contribution in [0.5, 0.6) is 5.75 Å². The van der Waals surface area contributed by atoms with E-state index < -0.39 is 0 Å². The molecule has 1 saturated carbocycles. The zero-order valence-corrected chi connectivity index (χ0v) is 15.1. The van der Waals surface area contributed by atoms with Crippen LogP contribution in [-0.2, 0) is 4.79 Å². The van der Waals surface area contributed by atoms with E-state index in [-0.39, 0.29) is 17.7 Å². The lowest BCUT2D eigenvalue weighted by Crippen LogP contribution is -2.39. The topological polar surface area (TPSA) is 40.5 Å². The molecule has 0 bridgehead atoms. The molecule has 1 saturated heterocycles. The fourth-order valence-corrected chi connectivity index (χ4v) is 4.70. The molecule has 2 fully saturated rings. The van der Waals surface area contributed by atoms with Crippen LogP contribution in [0.15, 0.2) is 27.6 Å². The molecule has 3 nitrogen and oxygen atoms in total. The quantitative estimate of drug-likeness (QED) is 0.580. The van der Waals surface area contributed by atoms with Crippen molar-refractivity contribution in [2.45, 2.75) is 38.1 Å². The average molecular weight is 398 g/mol. The maximum Gasteiger partial charge on any atom is 0.266 e. The zero-order valence-electron chi connectivity index (χ0n) is 11.9. The number of halogens is 1. The van der Waals surface area contributed by atoms with Gasteiger partial charge in [0, 0.05) is 6.04 Å². The van der Waals surface area contributed by atoms with Crippen LogP contribution in [0, 0.1) is 0 Å². The second-order valence-electron chi connectivity index (χ2n) is 5.55. The summed E-state index contributed by atoms with van der Waals surface area (Å²) in [6, 6.07) is 5.45. The molecule has 116 valence electrons.